The Labute approximate surface area is 137 Å². The van der Waals surface area contributed by atoms with Crippen LogP contribution in [0.25, 0.3) is 0 Å². The van der Waals surface area contributed by atoms with Crippen LogP contribution in [-0.2, 0) is 6.42 Å². The fraction of sp³-hybridized carbons (Fsp3) is 0.333. The molecule has 1 unspecified atom stereocenters. The van der Waals surface area contributed by atoms with E-state index in [1.807, 2.05) is 18.2 Å². The van der Waals surface area contributed by atoms with Crippen LogP contribution < -0.4 is 5.32 Å². The molecular weight excluding hydrogens is 301 g/mol. The number of hydrogen-bond acceptors (Lipinski definition) is 1. The molecule has 1 N–H and O–H groups in total. The molecular formula is C18H21Cl2N. The Morgan fingerprint density at radius 2 is 1.71 bits per heavy atom. The lowest BCUT2D eigenvalue weighted by atomic mass is 9.96. The van der Waals surface area contributed by atoms with Gasteiger partial charge in [0, 0.05) is 6.04 Å². The first-order chi connectivity index (χ1) is 10.0. The van der Waals surface area contributed by atoms with Crippen LogP contribution in [-0.4, -0.2) is 6.54 Å². The maximum atomic E-state index is 6.38. The number of aryl methyl sites for hydroxylation is 2. The van der Waals surface area contributed by atoms with Crippen molar-refractivity contribution in [2.45, 2.75) is 33.2 Å². The number of nitrogens with one attached hydrogen (secondary N) is 1. The van der Waals surface area contributed by atoms with E-state index < -0.39 is 0 Å². The van der Waals surface area contributed by atoms with Crippen LogP contribution in [0.15, 0.2) is 36.4 Å². The molecule has 0 radical (unpaired) electrons. The van der Waals surface area contributed by atoms with Gasteiger partial charge in [0.15, 0.2) is 0 Å². The minimum Gasteiger partial charge on any atom is -0.310 e. The summed E-state index contributed by atoms with van der Waals surface area (Å²) in [6.07, 6.45) is 0.899. The molecule has 1 nitrogen and oxygen atoms in total. The van der Waals surface area contributed by atoms with Gasteiger partial charge in [-0.25, -0.2) is 0 Å². The highest BCUT2D eigenvalue weighted by molar-refractivity contribution is 6.42. The highest BCUT2D eigenvalue weighted by Crippen LogP contribution is 2.31. The lowest BCUT2D eigenvalue weighted by Gasteiger charge is -2.21. The summed E-state index contributed by atoms with van der Waals surface area (Å²) < 4.78 is 0. The zero-order chi connectivity index (χ0) is 15.4. The first kappa shape index (κ1) is 16.4. The SMILES string of the molecule is CCNC(Cc1cc(C)cc(C)c1)c1cccc(Cl)c1Cl. The summed E-state index contributed by atoms with van der Waals surface area (Å²) in [5, 5.41) is 4.77. The minimum atomic E-state index is 0.169. The average molecular weight is 322 g/mol. The fourth-order valence-corrected chi connectivity index (χ4v) is 3.19. The van der Waals surface area contributed by atoms with Gasteiger partial charge in [0.2, 0.25) is 0 Å². The van der Waals surface area contributed by atoms with E-state index in [1.165, 1.54) is 16.7 Å². The Morgan fingerprint density at radius 3 is 2.33 bits per heavy atom. The highest BCUT2D eigenvalue weighted by Gasteiger charge is 2.16. The molecule has 21 heavy (non-hydrogen) atoms. The standard InChI is InChI=1S/C18H21Cl2N/c1-4-21-17(15-6-5-7-16(19)18(15)20)11-14-9-12(2)8-13(3)10-14/h5-10,17,21H,4,11H2,1-3H3. The van der Waals surface area contributed by atoms with Crippen molar-refractivity contribution in [2.24, 2.45) is 0 Å². The second-order valence-corrected chi connectivity index (χ2v) is 6.24. The van der Waals surface area contributed by atoms with E-state index in [9.17, 15) is 0 Å². The molecule has 0 aliphatic rings. The van der Waals surface area contributed by atoms with Crippen molar-refractivity contribution in [1.29, 1.82) is 0 Å². The molecule has 0 aliphatic heterocycles. The molecule has 0 aromatic heterocycles. The molecule has 3 heteroatoms. The maximum Gasteiger partial charge on any atom is 0.0640 e. The van der Waals surface area contributed by atoms with Crippen LogP contribution >= 0.6 is 23.2 Å². The van der Waals surface area contributed by atoms with Gasteiger partial charge in [0.1, 0.15) is 0 Å². The van der Waals surface area contributed by atoms with Gasteiger partial charge >= 0.3 is 0 Å². The summed E-state index contributed by atoms with van der Waals surface area (Å²) in [5.41, 5.74) is 4.95. The summed E-state index contributed by atoms with van der Waals surface area (Å²) in [7, 11) is 0. The van der Waals surface area contributed by atoms with E-state index in [-0.39, 0.29) is 6.04 Å². The molecule has 2 aromatic carbocycles. The van der Waals surface area contributed by atoms with Crippen LogP contribution in [0.4, 0.5) is 0 Å². The van der Waals surface area contributed by atoms with Gasteiger partial charge in [-0.2, -0.15) is 0 Å². The van der Waals surface area contributed by atoms with Crippen LogP contribution in [0.2, 0.25) is 10.0 Å². The average Bonchev–Trinajstić information content (AvgIpc) is 2.40. The molecule has 0 spiro atoms. The van der Waals surface area contributed by atoms with Gasteiger partial charge in [-0.1, -0.05) is 71.6 Å². The van der Waals surface area contributed by atoms with Gasteiger partial charge in [0.25, 0.3) is 0 Å². The molecule has 0 saturated heterocycles. The summed E-state index contributed by atoms with van der Waals surface area (Å²) in [6.45, 7) is 7.25. The first-order valence-electron chi connectivity index (χ1n) is 7.25. The number of rotatable bonds is 5. The van der Waals surface area contributed by atoms with Gasteiger partial charge < -0.3 is 5.32 Å². The van der Waals surface area contributed by atoms with Crippen LogP contribution in [0.1, 0.15) is 35.2 Å². The van der Waals surface area contributed by atoms with E-state index in [0.29, 0.717) is 10.0 Å². The Balaban J connectivity index is 2.32. The number of hydrogen-bond donors (Lipinski definition) is 1. The number of likely N-dealkylation sites (N-methyl/N-ethyl adjacent to an activating group) is 1. The molecule has 2 rings (SSSR count). The highest BCUT2D eigenvalue weighted by atomic mass is 35.5. The Bertz CT molecular complexity index is 602. The Hall–Kier alpha value is -1.02. The first-order valence-corrected chi connectivity index (χ1v) is 8.01. The van der Waals surface area contributed by atoms with Crippen LogP contribution in [0.3, 0.4) is 0 Å². The molecule has 1 atom stereocenters. The van der Waals surface area contributed by atoms with E-state index in [1.54, 1.807) is 0 Å². The van der Waals surface area contributed by atoms with E-state index in [2.05, 4.69) is 44.3 Å². The minimum absolute atomic E-state index is 0.169. The third-order valence-corrected chi connectivity index (χ3v) is 4.36. The molecule has 112 valence electrons. The van der Waals surface area contributed by atoms with Crippen molar-refractivity contribution >= 4 is 23.2 Å². The second kappa shape index (κ2) is 7.31. The van der Waals surface area contributed by atoms with E-state index in [0.717, 1.165) is 18.5 Å². The van der Waals surface area contributed by atoms with Crippen LogP contribution in [0, 0.1) is 13.8 Å². The molecule has 0 saturated carbocycles. The summed E-state index contributed by atoms with van der Waals surface area (Å²) in [4.78, 5) is 0. The third kappa shape index (κ3) is 4.23. The molecule has 0 amide bonds. The largest absolute Gasteiger partial charge is 0.310 e. The zero-order valence-corrected chi connectivity index (χ0v) is 14.2. The van der Waals surface area contributed by atoms with Gasteiger partial charge in [-0.3, -0.25) is 0 Å². The van der Waals surface area contributed by atoms with Gasteiger partial charge in [0.05, 0.1) is 10.0 Å². The molecule has 0 fully saturated rings. The van der Waals surface area contributed by atoms with E-state index in [4.69, 9.17) is 23.2 Å². The number of benzene rings is 2. The normalized spacial score (nSPS) is 12.4. The monoisotopic (exact) mass is 321 g/mol. The molecule has 0 aliphatic carbocycles. The maximum absolute atomic E-state index is 6.38. The summed E-state index contributed by atoms with van der Waals surface area (Å²) in [6, 6.07) is 12.7. The predicted molar refractivity (Wildman–Crippen MR) is 92.5 cm³/mol. The topological polar surface area (TPSA) is 12.0 Å². The van der Waals surface area contributed by atoms with Crippen molar-refractivity contribution in [3.8, 4) is 0 Å². The van der Waals surface area contributed by atoms with Crippen molar-refractivity contribution in [3.63, 3.8) is 0 Å². The summed E-state index contributed by atoms with van der Waals surface area (Å²) >= 11 is 12.5. The summed E-state index contributed by atoms with van der Waals surface area (Å²) in [5.74, 6) is 0. The van der Waals surface area contributed by atoms with Crippen molar-refractivity contribution in [2.75, 3.05) is 6.54 Å². The van der Waals surface area contributed by atoms with Crippen molar-refractivity contribution < 1.29 is 0 Å². The molecule has 0 heterocycles. The van der Waals surface area contributed by atoms with Crippen molar-refractivity contribution in [1.82, 2.24) is 5.32 Å². The number of halogens is 2. The van der Waals surface area contributed by atoms with Crippen LogP contribution in [0.5, 0.6) is 0 Å². The van der Waals surface area contributed by atoms with Gasteiger partial charge in [-0.05, 0) is 44.0 Å². The Kier molecular flexibility index (Phi) is 5.69. The predicted octanol–water partition coefficient (Wildman–Crippen LogP) is 5.50. The smallest absolute Gasteiger partial charge is 0.0640 e. The van der Waals surface area contributed by atoms with Crippen molar-refractivity contribution in [3.05, 3.63) is 68.7 Å². The van der Waals surface area contributed by atoms with E-state index >= 15 is 0 Å². The zero-order valence-electron chi connectivity index (χ0n) is 12.7. The molecule has 2 aromatic rings. The van der Waals surface area contributed by atoms with Gasteiger partial charge in [-0.15, -0.1) is 0 Å². The molecule has 0 bridgehead atoms. The lowest BCUT2D eigenvalue weighted by molar-refractivity contribution is 0.550. The fourth-order valence-electron chi connectivity index (χ4n) is 2.75. The third-order valence-electron chi connectivity index (χ3n) is 3.53. The second-order valence-electron chi connectivity index (χ2n) is 5.45. The quantitative estimate of drug-likeness (QED) is 0.766. The lowest BCUT2D eigenvalue weighted by Crippen LogP contribution is -2.23. The Morgan fingerprint density at radius 1 is 1.05 bits per heavy atom.